The number of phenolic OH excluding ortho intramolecular Hbond substituents is 1. The highest BCUT2D eigenvalue weighted by Crippen LogP contribution is 2.39. The van der Waals surface area contributed by atoms with E-state index in [1.54, 1.807) is 12.1 Å². The summed E-state index contributed by atoms with van der Waals surface area (Å²) in [6.07, 6.45) is 0. The Balaban J connectivity index is 3.25. The van der Waals surface area contributed by atoms with Crippen LogP contribution in [0.5, 0.6) is 5.75 Å². The van der Waals surface area contributed by atoms with Crippen molar-refractivity contribution < 1.29 is 5.11 Å². The minimum atomic E-state index is 0.200. The van der Waals surface area contributed by atoms with E-state index >= 15 is 0 Å². The summed E-state index contributed by atoms with van der Waals surface area (Å²) in [4.78, 5) is 0.872. The zero-order chi connectivity index (χ0) is 8.43. The number of phenols is 1. The minimum Gasteiger partial charge on any atom is -0.507 e. The standard InChI is InChI=1S/C6H3Br2ClOS/c7-5-3(10)1-2-4(11-9)6(5)8/h1-2,10H. The molecule has 1 nitrogen and oxygen atoms in total. The molecule has 0 saturated carbocycles. The van der Waals surface area contributed by atoms with E-state index in [9.17, 15) is 5.11 Å². The van der Waals surface area contributed by atoms with Gasteiger partial charge in [-0.3, -0.25) is 0 Å². The smallest absolute Gasteiger partial charge is 0.130 e. The predicted molar refractivity (Wildman–Crippen MR) is 55.2 cm³/mol. The van der Waals surface area contributed by atoms with Gasteiger partial charge in [0.2, 0.25) is 0 Å². The number of aromatic hydroxyl groups is 1. The Morgan fingerprint density at radius 2 is 1.91 bits per heavy atom. The van der Waals surface area contributed by atoms with Crippen LogP contribution in [-0.4, -0.2) is 5.11 Å². The van der Waals surface area contributed by atoms with Gasteiger partial charge >= 0.3 is 0 Å². The van der Waals surface area contributed by atoms with Crippen molar-refractivity contribution in [3.05, 3.63) is 21.1 Å². The second-order valence-corrected chi connectivity index (χ2v) is 4.43. The molecule has 0 heterocycles. The summed E-state index contributed by atoms with van der Waals surface area (Å²) < 4.78 is 1.40. The van der Waals surface area contributed by atoms with Crippen molar-refractivity contribution in [1.29, 1.82) is 0 Å². The van der Waals surface area contributed by atoms with E-state index in [2.05, 4.69) is 31.9 Å². The highest BCUT2D eigenvalue weighted by molar-refractivity contribution is 9.13. The maximum absolute atomic E-state index is 9.19. The fraction of sp³-hybridized carbons (Fsp3) is 0. The van der Waals surface area contributed by atoms with Gasteiger partial charge in [-0.2, -0.15) is 0 Å². The van der Waals surface area contributed by atoms with E-state index < -0.39 is 0 Å². The average molecular weight is 318 g/mol. The molecule has 5 heteroatoms. The van der Waals surface area contributed by atoms with E-state index in [0.29, 0.717) is 4.47 Å². The first kappa shape index (κ1) is 9.71. The van der Waals surface area contributed by atoms with Gasteiger partial charge in [0.1, 0.15) is 5.75 Å². The molecule has 11 heavy (non-hydrogen) atoms. The second-order valence-electron chi connectivity index (χ2n) is 1.79. The van der Waals surface area contributed by atoms with Crippen LogP contribution in [0.15, 0.2) is 26.0 Å². The lowest BCUT2D eigenvalue weighted by Gasteiger charge is -2.02. The van der Waals surface area contributed by atoms with E-state index in [1.807, 2.05) is 0 Å². The summed E-state index contributed by atoms with van der Waals surface area (Å²) in [6.45, 7) is 0. The molecule has 0 aliphatic rings. The van der Waals surface area contributed by atoms with Crippen molar-refractivity contribution in [2.24, 2.45) is 0 Å². The summed E-state index contributed by atoms with van der Waals surface area (Å²) in [5, 5.41) is 9.19. The van der Waals surface area contributed by atoms with Gasteiger partial charge in [0.05, 0.1) is 8.95 Å². The molecule has 0 radical (unpaired) electrons. The molecule has 1 N–H and O–H groups in total. The molecule has 0 atom stereocenters. The summed E-state index contributed by atoms with van der Waals surface area (Å²) in [5.74, 6) is 0.200. The van der Waals surface area contributed by atoms with Crippen molar-refractivity contribution in [2.45, 2.75) is 4.90 Å². The zero-order valence-corrected chi connectivity index (χ0v) is 9.89. The Morgan fingerprint density at radius 1 is 1.27 bits per heavy atom. The third kappa shape index (κ3) is 2.05. The Bertz CT molecular complexity index is 280. The predicted octanol–water partition coefficient (Wildman–Crippen LogP) is 4.16. The molecule has 0 aromatic heterocycles. The van der Waals surface area contributed by atoms with Crippen molar-refractivity contribution in [2.75, 3.05) is 0 Å². The molecular formula is C6H3Br2ClOS. The maximum atomic E-state index is 9.19. The van der Waals surface area contributed by atoms with Crippen molar-refractivity contribution in [3.63, 3.8) is 0 Å². The number of hydrogen-bond acceptors (Lipinski definition) is 2. The van der Waals surface area contributed by atoms with Crippen LogP contribution in [0.25, 0.3) is 0 Å². The van der Waals surface area contributed by atoms with Crippen LogP contribution in [0.4, 0.5) is 0 Å². The molecule has 1 aromatic carbocycles. The summed E-state index contributed by atoms with van der Waals surface area (Å²) >= 11 is 6.48. The van der Waals surface area contributed by atoms with Crippen LogP contribution in [0.2, 0.25) is 0 Å². The van der Waals surface area contributed by atoms with Gasteiger partial charge in [-0.05, 0) is 65.7 Å². The molecule has 0 amide bonds. The third-order valence-corrected chi connectivity index (χ3v) is 4.54. The molecular weight excluding hydrogens is 315 g/mol. The van der Waals surface area contributed by atoms with E-state index in [4.69, 9.17) is 10.7 Å². The maximum Gasteiger partial charge on any atom is 0.130 e. The summed E-state index contributed by atoms with van der Waals surface area (Å²) in [6, 6.07) is 3.32. The Labute approximate surface area is 89.9 Å². The van der Waals surface area contributed by atoms with Gasteiger partial charge in [-0.1, -0.05) is 0 Å². The first-order valence-electron chi connectivity index (χ1n) is 2.62. The molecule has 1 rings (SSSR count). The van der Waals surface area contributed by atoms with Gasteiger partial charge in [-0.25, -0.2) is 0 Å². The lowest BCUT2D eigenvalue weighted by Crippen LogP contribution is -1.75. The number of hydrogen-bond donors (Lipinski definition) is 1. The fourth-order valence-corrected chi connectivity index (χ4v) is 2.59. The summed E-state index contributed by atoms with van der Waals surface area (Å²) in [7, 11) is 6.64. The number of benzene rings is 1. The Morgan fingerprint density at radius 3 is 2.45 bits per heavy atom. The monoisotopic (exact) mass is 316 g/mol. The first-order valence-corrected chi connectivity index (χ1v) is 5.85. The molecule has 0 fully saturated rings. The van der Waals surface area contributed by atoms with Gasteiger partial charge in [0.15, 0.2) is 0 Å². The molecule has 60 valence electrons. The second kappa shape index (κ2) is 4.03. The van der Waals surface area contributed by atoms with Crippen LogP contribution in [0.3, 0.4) is 0 Å². The Kier molecular flexibility index (Phi) is 3.55. The molecule has 0 aliphatic carbocycles. The SMILES string of the molecule is Oc1ccc(SCl)c(Br)c1Br. The molecule has 0 aliphatic heterocycles. The highest BCUT2D eigenvalue weighted by Gasteiger charge is 2.07. The number of halogens is 3. The van der Waals surface area contributed by atoms with Gasteiger partial charge in [0, 0.05) is 4.90 Å². The first-order chi connectivity index (χ1) is 5.16. The summed E-state index contributed by atoms with van der Waals surface area (Å²) in [5.41, 5.74) is 0. The Hall–Kier alpha value is 0.620. The van der Waals surface area contributed by atoms with E-state index in [0.717, 1.165) is 20.3 Å². The van der Waals surface area contributed by atoms with Crippen molar-refractivity contribution >= 4 is 53.5 Å². The van der Waals surface area contributed by atoms with Gasteiger partial charge in [-0.15, -0.1) is 0 Å². The third-order valence-electron chi connectivity index (χ3n) is 1.11. The number of rotatable bonds is 1. The lowest BCUT2D eigenvalue weighted by atomic mass is 10.3. The lowest BCUT2D eigenvalue weighted by molar-refractivity contribution is 0.471. The quantitative estimate of drug-likeness (QED) is 0.839. The van der Waals surface area contributed by atoms with Crippen LogP contribution in [-0.2, 0) is 0 Å². The topological polar surface area (TPSA) is 20.2 Å². The van der Waals surface area contributed by atoms with Gasteiger partial charge in [0.25, 0.3) is 0 Å². The fourth-order valence-electron chi connectivity index (χ4n) is 0.581. The van der Waals surface area contributed by atoms with E-state index in [-0.39, 0.29) is 5.75 Å². The van der Waals surface area contributed by atoms with Crippen LogP contribution in [0, 0.1) is 0 Å². The normalized spacial score (nSPS) is 10.1. The van der Waals surface area contributed by atoms with Crippen LogP contribution >= 0.6 is 53.5 Å². The molecule has 1 aromatic rings. The molecule has 0 unspecified atom stereocenters. The van der Waals surface area contributed by atoms with Crippen LogP contribution < -0.4 is 0 Å². The largest absolute Gasteiger partial charge is 0.507 e. The van der Waals surface area contributed by atoms with Crippen molar-refractivity contribution in [1.82, 2.24) is 0 Å². The van der Waals surface area contributed by atoms with Gasteiger partial charge < -0.3 is 5.11 Å². The van der Waals surface area contributed by atoms with E-state index in [1.165, 1.54) is 0 Å². The molecule has 0 bridgehead atoms. The zero-order valence-electron chi connectivity index (χ0n) is 5.14. The van der Waals surface area contributed by atoms with Crippen LogP contribution in [0.1, 0.15) is 0 Å². The minimum absolute atomic E-state index is 0.200. The average Bonchev–Trinajstić information content (AvgIpc) is 2.01. The molecule has 0 spiro atoms. The van der Waals surface area contributed by atoms with Crippen molar-refractivity contribution in [3.8, 4) is 5.75 Å². The molecule has 0 saturated heterocycles. The highest BCUT2D eigenvalue weighted by atomic mass is 79.9.